The molecule has 3 unspecified atom stereocenters. The van der Waals surface area contributed by atoms with Gasteiger partial charge in [0.15, 0.2) is 0 Å². The molecule has 2 N–H and O–H groups in total. The Bertz CT molecular complexity index is 633. The quantitative estimate of drug-likeness (QED) is 0.638. The molecule has 4 nitrogen and oxygen atoms in total. The molecular formula is C21H28O4. The van der Waals surface area contributed by atoms with Crippen LogP contribution in [0.2, 0.25) is 0 Å². The number of ether oxygens (including phenoxy) is 1. The van der Waals surface area contributed by atoms with Gasteiger partial charge in [-0.2, -0.15) is 0 Å². The molecule has 1 aliphatic heterocycles. The highest BCUT2D eigenvalue weighted by Crippen LogP contribution is 2.26. The number of phenolic OH excluding ortho intramolecular Hbond substituents is 1. The molecule has 25 heavy (non-hydrogen) atoms. The average Bonchev–Trinajstić information content (AvgIpc) is 2.57. The molecule has 3 atom stereocenters. The molecule has 2 rings (SSSR count). The number of aliphatic hydroxyl groups is 1. The monoisotopic (exact) mass is 344 g/mol. The van der Waals surface area contributed by atoms with Gasteiger partial charge in [-0.3, -0.25) is 0 Å². The second kappa shape index (κ2) is 9.42. The highest BCUT2D eigenvalue weighted by molar-refractivity contribution is 5.94. The van der Waals surface area contributed by atoms with Gasteiger partial charge in [-0.15, -0.1) is 0 Å². The Hall–Kier alpha value is -2.07. The van der Waals surface area contributed by atoms with Crippen LogP contribution in [0, 0.1) is 5.92 Å². The van der Waals surface area contributed by atoms with Crippen LogP contribution in [-0.2, 0) is 11.2 Å². The number of carbonyl (C=O) groups excluding carboxylic acids is 1. The number of hydrogen-bond donors (Lipinski definition) is 2. The van der Waals surface area contributed by atoms with Crippen molar-refractivity contribution in [3.8, 4) is 5.75 Å². The number of fused-ring (bicyclic) bond motifs is 1. The molecule has 1 aliphatic rings. The highest BCUT2D eigenvalue weighted by Gasteiger charge is 2.25. The van der Waals surface area contributed by atoms with Crippen LogP contribution in [0.5, 0.6) is 5.75 Å². The van der Waals surface area contributed by atoms with E-state index in [2.05, 4.69) is 0 Å². The van der Waals surface area contributed by atoms with Crippen LogP contribution in [0.3, 0.4) is 0 Å². The van der Waals surface area contributed by atoms with Gasteiger partial charge in [0.25, 0.3) is 0 Å². The number of carbonyl (C=O) groups is 1. The molecule has 4 heteroatoms. The summed E-state index contributed by atoms with van der Waals surface area (Å²) in [7, 11) is 0. The Morgan fingerprint density at radius 2 is 2.08 bits per heavy atom. The van der Waals surface area contributed by atoms with Crippen LogP contribution >= 0.6 is 0 Å². The first kappa shape index (κ1) is 19.3. The maximum atomic E-state index is 12.7. The predicted molar refractivity (Wildman–Crippen MR) is 98.6 cm³/mol. The minimum atomic E-state index is -0.541. The number of esters is 1. The molecular weight excluding hydrogens is 316 g/mol. The summed E-state index contributed by atoms with van der Waals surface area (Å²) in [6, 6.07) is 5.06. The van der Waals surface area contributed by atoms with Crippen molar-refractivity contribution in [3.63, 3.8) is 0 Å². The van der Waals surface area contributed by atoms with E-state index in [4.69, 9.17) is 4.74 Å². The number of allylic oxidation sites excluding steroid dienone is 3. The molecule has 1 aromatic rings. The molecule has 1 heterocycles. The molecule has 0 aromatic heterocycles. The van der Waals surface area contributed by atoms with Crippen LogP contribution in [0.1, 0.15) is 55.5 Å². The average molecular weight is 344 g/mol. The number of aromatic hydroxyl groups is 1. The third kappa shape index (κ3) is 5.46. The molecule has 136 valence electrons. The van der Waals surface area contributed by atoms with E-state index < -0.39 is 18.2 Å². The zero-order chi connectivity index (χ0) is 18.2. The first-order valence-corrected chi connectivity index (χ1v) is 9.02. The molecule has 1 aromatic carbocycles. The van der Waals surface area contributed by atoms with E-state index in [1.54, 1.807) is 6.07 Å². The number of cyclic esters (lactones) is 1. The van der Waals surface area contributed by atoms with Gasteiger partial charge in [0.05, 0.1) is 6.10 Å². The van der Waals surface area contributed by atoms with Gasteiger partial charge in [0.2, 0.25) is 0 Å². The van der Waals surface area contributed by atoms with E-state index in [9.17, 15) is 15.0 Å². The smallest absolute Gasteiger partial charge is 0.342 e. The first-order valence-electron chi connectivity index (χ1n) is 9.02. The van der Waals surface area contributed by atoms with Gasteiger partial charge >= 0.3 is 5.97 Å². The van der Waals surface area contributed by atoms with Gasteiger partial charge in [0.1, 0.15) is 17.4 Å². The molecule has 0 fully saturated rings. The molecule has 0 saturated heterocycles. The maximum Gasteiger partial charge on any atom is 0.342 e. The Morgan fingerprint density at radius 3 is 2.84 bits per heavy atom. The molecule has 0 bridgehead atoms. The lowest BCUT2D eigenvalue weighted by atomic mass is 9.93. The van der Waals surface area contributed by atoms with Gasteiger partial charge in [0, 0.05) is 12.8 Å². The van der Waals surface area contributed by atoms with Crippen LogP contribution in [-0.4, -0.2) is 28.4 Å². The van der Waals surface area contributed by atoms with Gasteiger partial charge < -0.3 is 14.9 Å². The number of phenols is 1. The molecule has 0 amide bonds. The van der Waals surface area contributed by atoms with Gasteiger partial charge in [-0.25, -0.2) is 4.79 Å². The predicted octanol–water partition coefficient (Wildman–Crippen LogP) is 4.16. The van der Waals surface area contributed by atoms with Crippen molar-refractivity contribution >= 4 is 5.97 Å². The van der Waals surface area contributed by atoms with Crippen molar-refractivity contribution in [3.05, 3.63) is 53.6 Å². The number of rotatable bonds is 3. The van der Waals surface area contributed by atoms with Crippen molar-refractivity contribution < 1.29 is 19.7 Å². The van der Waals surface area contributed by atoms with E-state index in [1.165, 1.54) is 6.07 Å². The Balaban J connectivity index is 2.32. The first-order chi connectivity index (χ1) is 12.0. The topological polar surface area (TPSA) is 66.8 Å². The summed E-state index contributed by atoms with van der Waals surface area (Å²) in [4.78, 5) is 12.7. The van der Waals surface area contributed by atoms with E-state index in [0.29, 0.717) is 19.3 Å². The highest BCUT2D eigenvalue weighted by atomic mass is 16.5. The summed E-state index contributed by atoms with van der Waals surface area (Å²) in [5, 5.41) is 20.6. The lowest BCUT2D eigenvalue weighted by Gasteiger charge is -2.24. The van der Waals surface area contributed by atoms with Crippen molar-refractivity contribution in [2.45, 2.75) is 58.2 Å². The standard InChI is InChI=1S/C21H28O4/c1-3-4-5-12-17-14-19(23)15(2)9-6-7-10-16-11-8-13-18(22)20(16)21(24)25-17/h4-8,11,13,15,17,19,22-23H,3,9-10,12,14H2,1-2H3/b5-4+,7-6+. The summed E-state index contributed by atoms with van der Waals surface area (Å²) < 4.78 is 5.66. The maximum absolute atomic E-state index is 12.7. The van der Waals surface area contributed by atoms with Gasteiger partial charge in [-0.05, 0) is 36.8 Å². The molecule has 0 saturated carbocycles. The van der Waals surface area contributed by atoms with Crippen molar-refractivity contribution in [1.29, 1.82) is 0 Å². The molecule has 0 aliphatic carbocycles. The van der Waals surface area contributed by atoms with Crippen molar-refractivity contribution in [1.82, 2.24) is 0 Å². The Kier molecular flexibility index (Phi) is 7.26. The Morgan fingerprint density at radius 1 is 1.28 bits per heavy atom. The fourth-order valence-electron chi connectivity index (χ4n) is 2.99. The van der Waals surface area contributed by atoms with Crippen molar-refractivity contribution in [2.24, 2.45) is 5.92 Å². The summed E-state index contributed by atoms with van der Waals surface area (Å²) in [5.41, 5.74) is 0.970. The van der Waals surface area contributed by atoms with Gasteiger partial charge in [-0.1, -0.05) is 50.3 Å². The third-order valence-corrected chi connectivity index (χ3v) is 4.58. The van der Waals surface area contributed by atoms with Crippen molar-refractivity contribution in [2.75, 3.05) is 0 Å². The Labute approximate surface area is 149 Å². The number of benzene rings is 1. The summed E-state index contributed by atoms with van der Waals surface area (Å²) in [6.45, 7) is 4.04. The van der Waals surface area contributed by atoms with E-state index >= 15 is 0 Å². The lowest BCUT2D eigenvalue weighted by Crippen LogP contribution is -2.28. The zero-order valence-corrected chi connectivity index (χ0v) is 15.0. The van der Waals surface area contributed by atoms with Crippen LogP contribution in [0.15, 0.2) is 42.5 Å². The normalized spacial score (nSPS) is 26.4. The zero-order valence-electron chi connectivity index (χ0n) is 15.0. The molecule has 0 radical (unpaired) electrons. The fraction of sp³-hybridized carbons (Fsp3) is 0.476. The largest absolute Gasteiger partial charge is 0.507 e. The number of hydrogen-bond acceptors (Lipinski definition) is 4. The summed E-state index contributed by atoms with van der Waals surface area (Å²) in [5.74, 6) is -0.503. The van der Waals surface area contributed by atoms with Crippen LogP contribution in [0.4, 0.5) is 0 Å². The number of aliphatic hydroxyl groups excluding tert-OH is 1. The van der Waals surface area contributed by atoms with E-state index in [1.807, 2.05) is 44.2 Å². The third-order valence-electron chi connectivity index (χ3n) is 4.58. The summed E-state index contributed by atoms with van der Waals surface area (Å²) >= 11 is 0. The van der Waals surface area contributed by atoms with Crippen LogP contribution < -0.4 is 0 Å². The lowest BCUT2D eigenvalue weighted by molar-refractivity contribution is 0.00681. The molecule has 0 spiro atoms. The second-order valence-corrected chi connectivity index (χ2v) is 6.65. The fourth-order valence-corrected chi connectivity index (χ4v) is 2.99. The SMILES string of the molecule is CC/C=C/CC1CC(O)C(C)C/C=C/Cc2cccc(O)c2C(=O)O1. The van der Waals surface area contributed by atoms with E-state index in [0.717, 1.165) is 18.4 Å². The summed E-state index contributed by atoms with van der Waals surface area (Å²) in [6.07, 6.45) is 10.2. The van der Waals surface area contributed by atoms with E-state index in [-0.39, 0.29) is 17.2 Å². The second-order valence-electron chi connectivity index (χ2n) is 6.65. The minimum Gasteiger partial charge on any atom is -0.507 e. The minimum absolute atomic E-state index is 0.0651. The van der Waals surface area contributed by atoms with Crippen LogP contribution in [0.25, 0.3) is 0 Å².